The second kappa shape index (κ2) is 12.8. The highest BCUT2D eigenvalue weighted by Gasteiger charge is 2.10. The number of carbonyl (C=O) groups is 1. The van der Waals surface area contributed by atoms with E-state index >= 15 is 0 Å². The lowest BCUT2D eigenvalue weighted by atomic mass is 9.95. The summed E-state index contributed by atoms with van der Waals surface area (Å²) in [5.74, 6) is 0.707. The zero-order valence-electron chi connectivity index (χ0n) is 13.7. The molecule has 1 aromatic heterocycles. The van der Waals surface area contributed by atoms with Crippen LogP contribution in [-0.2, 0) is 11.2 Å². The van der Waals surface area contributed by atoms with Crippen molar-refractivity contribution in [3.05, 3.63) is 30.1 Å². The predicted molar refractivity (Wildman–Crippen MR) is 86.8 cm³/mol. The largest absolute Gasteiger partial charge is 0.300 e. The minimum Gasteiger partial charge on any atom is -0.300 e. The van der Waals surface area contributed by atoms with E-state index in [2.05, 4.69) is 37.9 Å². The third-order valence-electron chi connectivity index (χ3n) is 3.42. The average Bonchev–Trinajstić information content (AvgIpc) is 2.46. The minimum atomic E-state index is 0.343. The Balaban J connectivity index is 0.000000361. The number of hydrogen-bond donors (Lipinski definition) is 0. The fourth-order valence-electron chi connectivity index (χ4n) is 2.18. The van der Waals surface area contributed by atoms with Crippen molar-refractivity contribution in [2.45, 2.75) is 72.6 Å². The van der Waals surface area contributed by atoms with Gasteiger partial charge in [0.2, 0.25) is 0 Å². The molecule has 0 atom stereocenters. The van der Waals surface area contributed by atoms with Gasteiger partial charge in [-0.15, -0.1) is 0 Å². The zero-order chi connectivity index (χ0) is 15.2. The van der Waals surface area contributed by atoms with Crippen LogP contribution in [0.5, 0.6) is 0 Å². The second-order valence-corrected chi connectivity index (χ2v) is 5.34. The van der Waals surface area contributed by atoms with Gasteiger partial charge in [0.15, 0.2) is 0 Å². The Hall–Kier alpha value is -1.18. The molecular weight excluding hydrogens is 246 g/mol. The van der Waals surface area contributed by atoms with E-state index in [0.717, 1.165) is 25.7 Å². The number of unbranched alkanes of at least 4 members (excludes halogenated alkanes) is 1. The lowest BCUT2D eigenvalue weighted by Crippen LogP contribution is -2.09. The van der Waals surface area contributed by atoms with Crippen molar-refractivity contribution in [3.8, 4) is 0 Å². The fourth-order valence-corrected chi connectivity index (χ4v) is 2.18. The van der Waals surface area contributed by atoms with Gasteiger partial charge in [-0.2, -0.15) is 0 Å². The first-order valence-corrected chi connectivity index (χ1v) is 8.04. The van der Waals surface area contributed by atoms with E-state index in [9.17, 15) is 4.79 Å². The van der Waals surface area contributed by atoms with E-state index < -0.39 is 0 Å². The van der Waals surface area contributed by atoms with Gasteiger partial charge in [-0.25, -0.2) is 0 Å². The summed E-state index contributed by atoms with van der Waals surface area (Å²) in [5, 5.41) is 0. The van der Waals surface area contributed by atoms with Crippen molar-refractivity contribution < 1.29 is 4.79 Å². The van der Waals surface area contributed by atoms with Gasteiger partial charge in [-0.05, 0) is 50.3 Å². The first-order valence-electron chi connectivity index (χ1n) is 8.04. The number of nitrogens with zero attached hydrogens (tertiary/aromatic N) is 1. The van der Waals surface area contributed by atoms with Crippen LogP contribution in [0.1, 0.15) is 71.8 Å². The Labute approximate surface area is 125 Å². The molecule has 1 aromatic rings. The Bertz CT molecular complexity index is 329. The normalized spacial score (nSPS) is 10.1. The molecule has 0 N–H and O–H groups in total. The molecule has 1 heterocycles. The van der Waals surface area contributed by atoms with Crippen molar-refractivity contribution in [1.29, 1.82) is 0 Å². The molecule has 0 fully saturated rings. The molecular formula is C18H31NO. The monoisotopic (exact) mass is 277 g/mol. The van der Waals surface area contributed by atoms with Crippen LogP contribution in [0.15, 0.2) is 24.5 Å². The molecule has 0 aliphatic heterocycles. The van der Waals surface area contributed by atoms with Crippen molar-refractivity contribution in [2.24, 2.45) is 5.92 Å². The molecule has 0 aromatic carbocycles. The van der Waals surface area contributed by atoms with Gasteiger partial charge in [-0.3, -0.25) is 9.78 Å². The van der Waals surface area contributed by atoms with E-state index in [1.54, 1.807) is 6.92 Å². The molecule has 0 aliphatic carbocycles. The molecule has 0 saturated carbocycles. The number of rotatable bonds is 8. The molecule has 2 nitrogen and oxygen atoms in total. The van der Waals surface area contributed by atoms with Crippen molar-refractivity contribution in [1.82, 2.24) is 4.98 Å². The number of ketones is 1. The maximum absolute atomic E-state index is 10.9. The number of hydrogen-bond acceptors (Lipinski definition) is 2. The molecule has 2 heteroatoms. The van der Waals surface area contributed by atoms with Crippen LogP contribution in [0.25, 0.3) is 0 Å². The SMILES string of the molecule is CCCC(CCC)C(C)=O.CCCCc1ccncc1. The standard InChI is InChI=1S/C9H13N.C9H18O/c1-2-3-4-9-5-7-10-8-6-9;1-4-6-9(7-5-2)8(3)10/h5-8H,2-4H2,1H3;9H,4-7H2,1-3H3. The highest BCUT2D eigenvalue weighted by Crippen LogP contribution is 2.13. The smallest absolute Gasteiger partial charge is 0.132 e. The molecule has 0 spiro atoms. The van der Waals surface area contributed by atoms with Crippen LogP contribution in [-0.4, -0.2) is 10.8 Å². The molecule has 0 saturated heterocycles. The van der Waals surface area contributed by atoms with Gasteiger partial charge >= 0.3 is 0 Å². The number of carbonyl (C=O) groups excluding carboxylic acids is 1. The lowest BCUT2D eigenvalue weighted by molar-refractivity contribution is -0.121. The summed E-state index contributed by atoms with van der Waals surface area (Å²) in [6, 6.07) is 4.16. The van der Waals surface area contributed by atoms with Gasteiger partial charge in [0.25, 0.3) is 0 Å². The quantitative estimate of drug-likeness (QED) is 0.652. The van der Waals surface area contributed by atoms with Gasteiger partial charge in [-0.1, -0.05) is 40.0 Å². The lowest BCUT2D eigenvalue weighted by Gasteiger charge is -2.09. The van der Waals surface area contributed by atoms with E-state index in [1.165, 1.54) is 24.8 Å². The number of aryl methyl sites for hydroxylation is 1. The summed E-state index contributed by atoms with van der Waals surface area (Å²) in [4.78, 5) is 14.9. The van der Waals surface area contributed by atoms with Crippen molar-refractivity contribution >= 4 is 5.78 Å². The summed E-state index contributed by atoms with van der Waals surface area (Å²) in [7, 11) is 0. The van der Waals surface area contributed by atoms with Crippen LogP contribution < -0.4 is 0 Å². The third-order valence-corrected chi connectivity index (χ3v) is 3.42. The van der Waals surface area contributed by atoms with Crippen LogP contribution in [0.2, 0.25) is 0 Å². The van der Waals surface area contributed by atoms with Crippen LogP contribution >= 0.6 is 0 Å². The first kappa shape index (κ1) is 18.8. The second-order valence-electron chi connectivity index (χ2n) is 5.34. The first-order chi connectivity index (χ1) is 9.65. The summed E-state index contributed by atoms with van der Waals surface area (Å²) in [6.07, 6.45) is 11.8. The minimum absolute atomic E-state index is 0.343. The van der Waals surface area contributed by atoms with E-state index in [4.69, 9.17) is 0 Å². The molecule has 0 bridgehead atoms. The highest BCUT2D eigenvalue weighted by atomic mass is 16.1. The number of Topliss-reactive ketones (excluding diaryl/α,β-unsaturated/α-hetero) is 1. The van der Waals surface area contributed by atoms with Gasteiger partial charge in [0, 0.05) is 18.3 Å². The van der Waals surface area contributed by atoms with E-state index in [1.807, 2.05) is 12.4 Å². The Kier molecular flexibility index (Phi) is 12.1. The number of pyridine rings is 1. The van der Waals surface area contributed by atoms with Crippen LogP contribution in [0, 0.1) is 5.92 Å². The maximum Gasteiger partial charge on any atom is 0.132 e. The van der Waals surface area contributed by atoms with Gasteiger partial charge in [0.1, 0.15) is 5.78 Å². The predicted octanol–water partition coefficient (Wildman–Crippen LogP) is 5.22. The summed E-state index contributed by atoms with van der Waals surface area (Å²) < 4.78 is 0. The highest BCUT2D eigenvalue weighted by molar-refractivity contribution is 5.78. The topological polar surface area (TPSA) is 30.0 Å². The van der Waals surface area contributed by atoms with Crippen molar-refractivity contribution in [2.75, 3.05) is 0 Å². The molecule has 0 aliphatic rings. The Morgan fingerprint density at radius 1 is 1.05 bits per heavy atom. The van der Waals surface area contributed by atoms with Crippen LogP contribution in [0.3, 0.4) is 0 Å². The molecule has 20 heavy (non-hydrogen) atoms. The van der Waals surface area contributed by atoms with Gasteiger partial charge in [0.05, 0.1) is 0 Å². The zero-order valence-corrected chi connectivity index (χ0v) is 13.7. The molecule has 0 unspecified atom stereocenters. The molecule has 0 amide bonds. The summed E-state index contributed by atoms with van der Waals surface area (Å²) in [6.45, 7) is 8.17. The maximum atomic E-state index is 10.9. The Morgan fingerprint density at radius 2 is 1.60 bits per heavy atom. The van der Waals surface area contributed by atoms with Crippen LogP contribution in [0.4, 0.5) is 0 Å². The molecule has 1 rings (SSSR count). The molecule has 0 radical (unpaired) electrons. The average molecular weight is 277 g/mol. The third kappa shape index (κ3) is 9.71. The van der Waals surface area contributed by atoms with E-state index in [0.29, 0.717) is 11.7 Å². The fraction of sp³-hybridized carbons (Fsp3) is 0.667. The number of aromatic nitrogens is 1. The summed E-state index contributed by atoms with van der Waals surface area (Å²) >= 11 is 0. The van der Waals surface area contributed by atoms with E-state index in [-0.39, 0.29) is 0 Å². The van der Waals surface area contributed by atoms with Crippen molar-refractivity contribution in [3.63, 3.8) is 0 Å². The summed E-state index contributed by atoms with van der Waals surface area (Å²) in [5.41, 5.74) is 1.40. The Morgan fingerprint density at radius 3 is 2.00 bits per heavy atom. The van der Waals surface area contributed by atoms with Gasteiger partial charge < -0.3 is 0 Å². The molecule has 114 valence electrons.